The van der Waals surface area contributed by atoms with E-state index in [2.05, 4.69) is 37.4 Å². The molecular formula is C16H25NO. The molecule has 100 valence electrons. The van der Waals surface area contributed by atoms with Crippen LogP contribution in [0.5, 0.6) is 5.75 Å². The Kier molecular flexibility index (Phi) is 4.65. The van der Waals surface area contributed by atoms with Crippen LogP contribution < -0.4 is 10.1 Å². The molecule has 1 aromatic carbocycles. The fourth-order valence-corrected chi connectivity index (χ4v) is 3.24. The first-order chi connectivity index (χ1) is 8.76. The van der Waals surface area contributed by atoms with Crippen LogP contribution in [0.2, 0.25) is 0 Å². The zero-order valence-electron chi connectivity index (χ0n) is 11.8. The number of rotatable bonds is 5. The number of nitrogens with one attached hydrogen (secondary N) is 1. The summed E-state index contributed by atoms with van der Waals surface area (Å²) in [6, 6.07) is 9.12. The van der Waals surface area contributed by atoms with Gasteiger partial charge in [0.2, 0.25) is 0 Å². The van der Waals surface area contributed by atoms with Crippen molar-refractivity contribution in [1.82, 2.24) is 5.32 Å². The number of methoxy groups -OCH3 is 1. The highest BCUT2D eigenvalue weighted by Gasteiger charge is 2.32. The van der Waals surface area contributed by atoms with Gasteiger partial charge in [0.25, 0.3) is 0 Å². The Labute approximate surface area is 111 Å². The highest BCUT2D eigenvalue weighted by molar-refractivity contribution is 5.33. The van der Waals surface area contributed by atoms with Crippen molar-refractivity contribution < 1.29 is 4.74 Å². The molecule has 2 rings (SSSR count). The first-order valence-corrected chi connectivity index (χ1v) is 7.11. The Balaban J connectivity index is 2.02. The molecule has 0 aromatic heterocycles. The molecule has 1 aliphatic carbocycles. The van der Waals surface area contributed by atoms with Gasteiger partial charge in [-0.3, -0.25) is 0 Å². The summed E-state index contributed by atoms with van der Waals surface area (Å²) in [5.74, 6) is 2.58. The van der Waals surface area contributed by atoms with Gasteiger partial charge in [0.05, 0.1) is 7.11 Å². The first kappa shape index (κ1) is 13.4. The third-order valence-corrected chi connectivity index (χ3v) is 4.37. The zero-order chi connectivity index (χ0) is 13.0. The summed E-state index contributed by atoms with van der Waals surface area (Å²) in [7, 11) is 1.76. The molecule has 0 spiro atoms. The number of hydrogen-bond donors (Lipinski definition) is 1. The minimum absolute atomic E-state index is 0.703. The van der Waals surface area contributed by atoms with Gasteiger partial charge < -0.3 is 10.1 Å². The Morgan fingerprint density at radius 1 is 1.28 bits per heavy atom. The second kappa shape index (κ2) is 6.24. The largest absolute Gasteiger partial charge is 0.496 e. The molecule has 1 aromatic rings. The minimum Gasteiger partial charge on any atom is -0.496 e. The van der Waals surface area contributed by atoms with Crippen molar-refractivity contribution in [3.63, 3.8) is 0 Å². The molecule has 1 aliphatic rings. The predicted molar refractivity (Wildman–Crippen MR) is 76.1 cm³/mol. The molecule has 0 radical (unpaired) electrons. The van der Waals surface area contributed by atoms with Crippen molar-refractivity contribution in [1.29, 1.82) is 0 Å². The molecule has 2 nitrogen and oxygen atoms in total. The summed E-state index contributed by atoms with van der Waals surface area (Å²) >= 11 is 0. The van der Waals surface area contributed by atoms with Crippen LogP contribution in [0.3, 0.4) is 0 Å². The van der Waals surface area contributed by atoms with Crippen molar-refractivity contribution in [2.45, 2.75) is 39.2 Å². The van der Waals surface area contributed by atoms with E-state index in [-0.39, 0.29) is 0 Å². The maximum absolute atomic E-state index is 5.45. The average Bonchev–Trinajstić information content (AvgIpc) is 2.73. The Morgan fingerprint density at radius 2 is 2.06 bits per heavy atom. The van der Waals surface area contributed by atoms with Crippen molar-refractivity contribution in [2.24, 2.45) is 11.8 Å². The molecule has 0 heterocycles. The molecule has 3 unspecified atom stereocenters. The lowest BCUT2D eigenvalue weighted by atomic mass is 9.89. The van der Waals surface area contributed by atoms with E-state index in [0.717, 1.165) is 30.6 Å². The van der Waals surface area contributed by atoms with Crippen LogP contribution in [0, 0.1) is 11.8 Å². The lowest BCUT2D eigenvalue weighted by Gasteiger charge is -2.22. The molecule has 18 heavy (non-hydrogen) atoms. The second-order valence-electron chi connectivity index (χ2n) is 5.38. The quantitative estimate of drug-likeness (QED) is 0.862. The van der Waals surface area contributed by atoms with Crippen molar-refractivity contribution >= 4 is 0 Å². The van der Waals surface area contributed by atoms with Crippen LogP contribution in [-0.2, 0) is 6.42 Å². The monoisotopic (exact) mass is 247 g/mol. The highest BCUT2D eigenvalue weighted by atomic mass is 16.5. The molecule has 0 saturated heterocycles. The maximum Gasteiger partial charge on any atom is 0.122 e. The smallest absolute Gasteiger partial charge is 0.122 e. The Bertz CT molecular complexity index is 377. The van der Waals surface area contributed by atoms with Gasteiger partial charge in [0, 0.05) is 6.04 Å². The average molecular weight is 247 g/mol. The summed E-state index contributed by atoms with van der Waals surface area (Å²) < 4.78 is 5.45. The van der Waals surface area contributed by atoms with Gasteiger partial charge in [0.15, 0.2) is 0 Å². The van der Waals surface area contributed by atoms with Crippen LogP contribution in [-0.4, -0.2) is 19.7 Å². The standard InChI is InChI=1S/C16H25NO/c1-4-17-15-10-9-13(12(15)2)11-14-7-5-6-8-16(14)18-3/h5-8,12-13,15,17H,4,9-11H2,1-3H3. The van der Waals surface area contributed by atoms with Crippen LogP contribution in [0.25, 0.3) is 0 Å². The van der Waals surface area contributed by atoms with E-state index in [1.807, 2.05) is 6.07 Å². The van der Waals surface area contributed by atoms with Gasteiger partial charge in [-0.2, -0.15) is 0 Å². The highest BCUT2D eigenvalue weighted by Crippen LogP contribution is 2.35. The van der Waals surface area contributed by atoms with Gasteiger partial charge in [-0.25, -0.2) is 0 Å². The fourth-order valence-electron chi connectivity index (χ4n) is 3.24. The van der Waals surface area contributed by atoms with Crippen LogP contribution in [0.15, 0.2) is 24.3 Å². The van der Waals surface area contributed by atoms with E-state index in [0.29, 0.717) is 6.04 Å². The normalized spacial score (nSPS) is 27.4. The summed E-state index contributed by atoms with van der Waals surface area (Å²) in [4.78, 5) is 0. The summed E-state index contributed by atoms with van der Waals surface area (Å²) in [6.07, 6.45) is 3.79. The van der Waals surface area contributed by atoms with Gasteiger partial charge in [-0.05, 0) is 49.3 Å². The van der Waals surface area contributed by atoms with Crippen LogP contribution in [0.4, 0.5) is 0 Å². The predicted octanol–water partition coefficient (Wildman–Crippen LogP) is 3.26. The molecule has 1 fully saturated rings. The van der Waals surface area contributed by atoms with E-state index in [1.54, 1.807) is 7.11 Å². The van der Waals surface area contributed by atoms with E-state index in [1.165, 1.54) is 18.4 Å². The van der Waals surface area contributed by atoms with E-state index in [9.17, 15) is 0 Å². The number of para-hydroxylation sites is 1. The summed E-state index contributed by atoms with van der Waals surface area (Å²) in [6.45, 7) is 5.66. The summed E-state index contributed by atoms with van der Waals surface area (Å²) in [5.41, 5.74) is 1.36. The zero-order valence-corrected chi connectivity index (χ0v) is 11.8. The number of ether oxygens (including phenoxy) is 1. The van der Waals surface area contributed by atoms with Gasteiger partial charge in [-0.1, -0.05) is 32.0 Å². The van der Waals surface area contributed by atoms with Crippen molar-refractivity contribution in [3.8, 4) is 5.75 Å². The van der Waals surface area contributed by atoms with Gasteiger partial charge in [-0.15, -0.1) is 0 Å². The molecule has 0 aliphatic heterocycles. The fraction of sp³-hybridized carbons (Fsp3) is 0.625. The minimum atomic E-state index is 0.703. The van der Waals surface area contributed by atoms with Crippen molar-refractivity contribution in [3.05, 3.63) is 29.8 Å². The first-order valence-electron chi connectivity index (χ1n) is 7.11. The topological polar surface area (TPSA) is 21.3 Å². The third-order valence-electron chi connectivity index (χ3n) is 4.37. The van der Waals surface area contributed by atoms with Gasteiger partial charge >= 0.3 is 0 Å². The van der Waals surface area contributed by atoms with Crippen molar-refractivity contribution in [2.75, 3.05) is 13.7 Å². The lowest BCUT2D eigenvalue weighted by molar-refractivity contribution is 0.348. The van der Waals surface area contributed by atoms with E-state index < -0.39 is 0 Å². The molecule has 0 amide bonds. The number of hydrogen-bond acceptors (Lipinski definition) is 2. The third kappa shape index (κ3) is 2.86. The SMILES string of the molecule is CCNC1CCC(Cc2ccccc2OC)C1C. The maximum atomic E-state index is 5.45. The summed E-state index contributed by atoms with van der Waals surface area (Å²) in [5, 5.41) is 3.61. The molecular weight excluding hydrogens is 222 g/mol. The Morgan fingerprint density at radius 3 is 2.78 bits per heavy atom. The molecule has 0 bridgehead atoms. The van der Waals surface area contributed by atoms with E-state index in [4.69, 9.17) is 4.74 Å². The molecule has 2 heteroatoms. The Hall–Kier alpha value is -1.02. The van der Waals surface area contributed by atoms with Crippen LogP contribution >= 0.6 is 0 Å². The molecule has 3 atom stereocenters. The van der Waals surface area contributed by atoms with Gasteiger partial charge in [0.1, 0.15) is 5.75 Å². The second-order valence-corrected chi connectivity index (χ2v) is 5.38. The number of benzene rings is 1. The van der Waals surface area contributed by atoms with E-state index >= 15 is 0 Å². The van der Waals surface area contributed by atoms with Crippen LogP contribution in [0.1, 0.15) is 32.3 Å². The molecule has 1 N–H and O–H groups in total. The lowest BCUT2D eigenvalue weighted by Crippen LogP contribution is -2.32. The molecule has 1 saturated carbocycles.